The van der Waals surface area contributed by atoms with Gasteiger partial charge in [-0.1, -0.05) is 12.1 Å². The molecular weight excluding hydrogens is 390 g/mol. The maximum absolute atomic E-state index is 12.4. The van der Waals surface area contributed by atoms with E-state index < -0.39 is 10.0 Å². The first kappa shape index (κ1) is 21.4. The van der Waals surface area contributed by atoms with E-state index in [9.17, 15) is 13.2 Å². The number of primary sulfonamides is 1. The Morgan fingerprint density at radius 3 is 2.63 bits per heavy atom. The third kappa shape index (κ3) is 5.29. The second kappa shape index (κ2) is 8.83. The molecular formula is C17H24ClN5O3S. The summed E-state index contributed by atoms with van der Waals surface area (Å²) >= 11 is 0. The van der Waals surface area contributed by atoms with Gasteiger partial charge in [0.25, 0.3) is 5.91 Å². The number of nitrogens with zero attached hydrogens (tertiary/aromatic N) is 2. The van der Waals surface area contributed by atoms with Crippen LogP contribution in [0.25, 0.3) is 0 Å². The summed E-state index contributed by atoms with van der Waals surface area (Å²) in [4.78, 5) is 12.5. The highest BCUT2D eigenvalue weighted by atomic mass is 35.5. The summed E-state index contributed by atoms with van der Waals surface area (Å²) in [6.07, 6.45) is 3.97. The largest absolute Gasteiger partial charge is 0.344 e. The number of hydrogen-bond donors (Lipinski definition) is 3. The predicted octanol–water partition coefficient (Wildman–Crippen LogP) is 1.37. The molecule has 0 spiro atoms. The number of aromatic nitrogens is 2. The minimum Gasteiger partial charge on any atom is -0.344 e. The minimum atomic E-state index is -3.72. The van der Waals surface area contributed by atoms with Gasteiger partial charge in [0.15, 0.2) is 0 Å². The zero-order chi connectivity index (χ0) is 18.7. The van der Waals surface area contributed by atoms with Crippen LogP contribution in [0.5, 0.6) is 0 Å². The first-order chi connectivity index (χ1) is 12.3. The van der Waals surface area contributed by atoms with Crippen LogP contribution in [0, 0.1) is 0 Å². The molecule has 2 atom stereocenters. The SMILES string of the molecule is CC(NC(=O)c1ccn(C2CCCNC2)n1)c1ccc(S(N)(=O)=O)cc1.Cl. The van der Waals surface area contributed by atoms with Gasteiger partial charge in [-0.25, -0.2) is 13.6 Å². The highest BCUT2D eigenvalue weighted by molar-refractivity contribution is 7.89. The minimum absolute atomic E-state index is 0. The monoisotopic (exact) mass is 413 g/mol. The fourth-order valence-electron chi connectivity index (χ4n) is 3.02. The van der Waals surface area contributed by atoms with E-state index in [-0.39, 0.29) is 35.3 Å². The molecule has 148 valence electrons. The van der Waals surface area contributed by atoms with Crippen molar-refractivity contribution in [1.82, 2.24) is 20.4 Å². The van der Waals surface area contributed by atoms with Gasteiger partial charge in [0.05, 0.1) is 17.0 Å². The molecule has 2 heterocycles. The van der Waals surface area contributed by atoms with Crippen molar-refractivity contribution in [2.75, 3.05) is 13.1 Å². The van der Waals surface area contributed by atoms with E-state index in [0.717, 1.165) is 31.5 Å². The molecule has 8 nitrogen and oxygen atoms in total. The summed E-state index contributed by atoms with van der Waals surface area (Å²) in [5.41, 5.74) is 1.14. The van der Waals surface area contributed by atoms with E-state index in [0.29, 0.717) is 5.69 Å². The molecule has 2 aromatic rings. The Labute approximate surface area is 165 Å². The van der Waals surface area contributed by atoms with Gasteiger partial charge in [0.2, 0.25) is 10.0 Å². The first-order valence-corrected chi connectivity index (χ1v) is 10.1. The zero-order valence-corrected chi connectivity index (χ0v) is 16.6. The van der Waals surface area contributed by atoms with E-state index >= 15 is 0 Å². The van der Waals surface area contributed by atoms with Crippen molar-refractivity contribution in [3.8, 4) is 0 Å². The molecule has 1 aliphatic rings. The Hall–Kier alpha value is -1.94. The highest BCUT2D eigenvalue weighted by Gasteiger charge is 2.19. The summed E-state index contributed by atoms with van der Waals surface area (Å²) in [7, 11) is -3.72. The molecule has 1 fully saturated rings. The summed E-state index contributed by atoms with van der Waals surface area (Å²) in [5, 5.41) is 15.7. The molecule has 4 N–H and O–H groups in total. The van der Waals surface area contributed by atoms with Gasteiger partial charge in [-0.05, 0) is 50.1 Å². The van der Waals surface area contributed by atoms with Gasteiger partial charge in [-0.2, -0.15) is 5.10 Å². The van der Waals surface area contributed by atoms with Crippen molar-refractivity contribution in [2.45, 2.75) is 36.7 Å². The Bertz CT molecular complexity index is 876. The smallest absolute Gasteiger partial charge is 0.272 e. The van der Waals surface area contributed by atoms with Crippen molar-refractivity contribution >= 4 is 28.3 Å². The Morgan fingerprint density at radius 2 is 2.04 bits per heavy atom. The molecule has 1 saturated heterocycles. The van der Waals surface area contributed by atoms with Crippen LogP contribution in [-0.4, -0.2) is 37.2 Å². The van der Waals surface area contributed by atoms with Crippen molar-refractivity contribution in [2.24, 2.45) is 5.14 Å². The maximum Gasteiger partial charge on any atom is 0.272 e. The maximum atomic E-state index is 12.4. The number of nitrogens with two attached hydrogens (primary N) is 1. The van der Waals surface area contributed by atoms with E-state index in [1.807, 2.05) is 17.8 Å². The van der Waals surface area contributed by atoms with E-state index in [4.69, 9.17) is 5.14 Å². The van der Waals surface area contributed by atoms with Crippen LogP contribution in [0.15, 0.2) is 41.4 Å². The molecule has 1 amide bonds. The van der Waals surface area contributed by atoms with Gasteiger partial charge in [0.1, 0.15) is 5.69 Å². The normalized spacial score (nSPS) is 18.4. The number of carbonyl (C=O) groups is 1. The van der Waals surface area contributed by atoms with E-state index in [2.05, 4.69) is 15.7 Å². The van der Waals surface area contributed by atoms with Crippen LogP contribution in [0.2, 0.25) is 0 Å². The number of amides is 1. The molecule has 0 saturated carbocycles. The summed E-state index contributed by atoms with van der Waals surface area (Å²) in [6.45, 7) is 3.70. The highest BCUT2D eigenvalue weighted by Crippen LogP contribution is 2.18. The number of hydrogen-bond acceptors (Lipinski definition) is 5. The number of rotatable bonds is 5. The second-order valence-corrected chi connectivity index (χ2v) is 8.05. The third-order valence-corrected chi connectivity index (χ3v) is 5.47. The molecule has 10 heteroatoms. The quantitative estimate of drug-likeness (QED) is 0.683. The average molecular weight is 414 g/mol. The lowest BCUT2D eigenvalue weighted by molar-refractivity contribution is 0.0933. The molecule has 0 aliphatic carbocycles. The Morgan fingerprint density at radius 1 is 1.33 bits per heavy atom. The van der Waals surface area contributed by atoms with Crippen LogP contribution < -0.4 is 15.8 Å². The molecule has 2 unspecified atom stereocenters. The fraction of sp³-hybridized carbons (Fsp3) is 0.412. The Kier molecular flexibility index (Phi) is 6.99. The van der Waals surface area contributed by atoms with Crippen LogP contribution in [-0.2, 0) is 10.0 Å². The number of piperidine rings is 1. The van der Waals surface area contributed by atoms with Crippen molar-refractivity contribution in [3.05, 3.63) is 47.8 Å². The summed E-state index contributed by atoms with van der Waals surface area (Å²) in [6, 6.07) is 7.82. The molecule has 27 heavy (non-hydrogen) atoms. The first-order valence-electron chi connectivity index (χ1n) is 8.54. The average Bonchev–Trinajstić information content (AvgIpc) is 3.12. The molecule has 1 aliphatic heterocycles. The van der Waals surface area contributed by atoms with Crippen LogP contribution in [0.1, 0.15) is 47.9 Å². The number of halogens is 1. The number of carbonyl (C=O) groups excluding carboxylic acids is 1. The van der Waals surface area contributed by atoms with E-state index in [1.54, 1.807) is 18.2 Å². The third-order valence-electron chi connectivity index (χ3n) is 4.54. The summed E-state index contributed by atoms with van der Waals surface area (Å²) < 4.78 is 24.4. The lowest BCUT2D eigenvalue weighted by Crippen LogP contribution is -2.32. The Balaban J connectivity index is 0.00000261. The van der Waals surface area contributed by atoms with Crippen LogP contribution in [0.3, 0.4) is 0 Å². The van der Waals surface area contributed by atoms with Crippen molar-refractivity contribution in [3.63, 3.8) is 0 Å². The van der Waals surface area contributed by atoms with Crippen molar-refractivity contribution < 1.29 is 13.2 Å². The van der Waals surface area contributed by atoms with E-state index in [1.165, 1.54) is 12.1 Å². The molecule has 1 aromatic heterocycles. The fourth-order valence-corrected chi connectivity index (χ4v) is 3.54. The van der Waals surface area contributed by atoms with Gasteiger partial charge in [0, 0.05) is 12.7 Å². The summed E-state index contributed by atoms with van der Waals surface area (Å²) in [5.74, 6) is -0.268. The second-order valence-electron chi connectivity index (χ2n) is 6.49. The molecule has 0 radical (unpaired) electrons. The number of sulfonamides is 1. The van der Waals surface area contributed by atoms with Gasteiger partial charge < -0.3 is 10.6 Å². The van der Waals surface area contributed by atoms with Gasteiger partial charge in [-0.3, -0.25) is 9.48 Å². The van der Waals surface area contributed by atoms with Crippen LogP contribution in [0.4, 0.5) is 0 Å². The molecule has 0 bridgehead atoms. The predicted molar refractivity (Wildman–Crippen MR) is 104 cm³/mol. The van der Waals surface area contributed by atoms with Crippen molar-refractivity contribution in [1.29, 1.82) is 0 Å². The van der Waals surface area contributed by atoms with Gasteiger partial charge >= 0.3 is 0 Å². The lowest BCUT2D eigenvalue weighted by atomic mass is 10.1. The number of nitrogens with one attached hydrogen (secondary N) is 2. The topological polar surface area (TPSA) is 119 Å². The van der Waals surface area contributed by atoms with Crippen LogP contribution >= 0.6 is 12.4 Å². The standard InChI is InChI=1S/C17H23N5O3S.ClH/c1-12(13-4-6-15(7-5-13)26(18,24)25)20-17(23)16-8-10-22(21-16)14-3-2-9-19-11-14;/h4-8,10,12,14,19H,2-3,9,11H2,1H3,(H,20,23)(H2,18,24,25);1H. The van der Waals surface area contributed by atoms with Gasteiger partial charge in [-0.15, -0.1) is 12.4 Å². The lowest BCUT2D eigenvalue weighted by Gasteiger charge is -2.22. The number of benzene rings is 1. The zero-order valence-electron chi connectivity index (χ0n) is 15.0. The molecule has 1 aromatic carbocycles. The molecule has 3 rings (SSSR count).